The van der Waals surface area contributed by atoms with E-state index in [0.29, 0.717) is 0 Å². The minimum Gasteiger partial charge on any atom is -0.310 e. The third-order valence-corrected chi connectivity index (χ3v) is 18.8. The summed E-state index contributed by atoms with van der Waals surface area (Å²) in [5.41, 5.74) is 31.1. The van der Waals surface area contributed by atoms with E-state index in [1.807, 2.05) is 0 Å². The smallest absolute Gasteiger partial charge is 0.0714 e. The van der Waals surface area contributed by atoms with Crippen LogP contribution in [0.2, 0.25) is 0 Å². The van der Waals surface area contributed by atoms with Gasteiger partial charge in [0.05, 0.1) is 22.2 Å². The van der Waals surface area contributed by atoms with Crippen LogP contribution in [-0.4, -0.2) is 0 Å². The summed E-state index contributed by atoms with van der Waals surface area (Å²) in [4.78, 5) is 5.02. The van der Waals surface area contributed by atoms with E-state index in [4.69, 9.17) is 0 Å². The summed E-state index contributed by atoms with van der Waals surface area (Å²) in [6, 6.07) is 119. The summed E-state index contributed by atoms with van der Waals surface area (Å²) in [5, 5.41) is 0. The highest BCUT2D eigenvalue weighted by molar-refractivity contribution is 6.00. The van der Waals surface area contributed by atoms with Gasteiger partial charge in [-0.25, -0.2) is 0 Å². The zero-order valence-electron chi connectivity index (χ0n) is 46.3. The average Bonchev–Trinajstić information content (AvgIpc) is 1.55. The lowest BCUT2D eigenvalue weighted by molar-refractivity contribution is 0.759. The van der Waals surface area contributed by atoms with Gasteiger partial charge in [-0.15, -0.1) is 0 Å². The van der Waals surface area contributed by atoms with Crippen LogP contribution < -0.4 is 9.80 Å². The summed E-state index contributed by atoms with van der Waals surface area (Å²) in [5.74, 6) is 0. The predicted octanol–water partition coefficient (Wildman–Crippen LogP) is 20.5. The second-order valence-electron chi connectivity index (χ2n) is 23.0. The highest BCUT2D eigenvalue weighted by atomic mass is 15.2. The van der Waals surface area contributed by atoms with Gasteiger partial charge in [-0.05, 0) is 186 Å². The molecule has 4 aliphatic rings. The first kappa shape index (κ1) is 48.2. The third-order valence-electron chi connectivity index (χ3n) is 18.8. The quantitative estimate of drug-likeness (QED) is 0.135. The molecule has 2 heteroatoms. The first-order valence-electron chi connectivity index (χ1n) is 29.5. The number of nitrogens with zero attached hydrogens (tertiary/aromatic N) is 2. The van der Waals surface area contributed by atoms with E-state index in [0.717, 1.165) is 35.6 Å². The van der Waals surface area contributed by atoms with Crippen molar-refractivity contribution < 1.29 is 0 Å². The second kappa shape index (κ2) is 19.0. The fourth-order valence-electron chi connectivity index (χ4n) is 15.4. The van der Waals surface area contributed by atoms with Gasteiger partial charge in [0.15, 0.2) is 0 Å². The summed E-state index contributed by atoms with van der Waals surface area (Å²) in [7, 11) is 0. The van der Waals surface area contributed by atoms with Gasteiger partial charge in [0, 0.05) is 33.9 Å². The lowest BCUT2D eigenvalue weighted by atomic mass is 9.66. The minimum atomic E-state index is -0.704. The molecule has 0 heterocycles. The number of rotatable bonds is 10. The molecule has 0 atom stereocenters. The van der Waals surface area contributed by atoms with Crippen molar-refractivity contribution in [3.8, 4) is 44.5 Å². The SMILES string of the molecule is c1ccc(N(c2ccc3c(c2)C(c2ccccc2)(c2ccccc2)c2cc4c(cc2-3)C(c2ccccc2)(c2ccccc2)c2cc(N(c3ccccc3)c3cccc5c3-c3ccccc3C5)ccc2-4)c2cccc3c2-c2ccccc2C3)cc1. The van der Waals surface area contributed by atoms with E-state index >= 15 is 0 Å². The average molecular weight is 1070 g/mol. The first-order valence-corrected chi connectivity index (χ1v) is 29.5. The maximum Gasteiger partial charge on any atom is 0.0714 e. The molecule has 13 aromatic rings. The van der Waals surface area contributed by atoms with Crippen molar-refractivity contribution in [3.05, 3.63) is 382 Å². The lowest BCUT2D eigenvalue weighted by Gasteiger charge is -2.36. The Morgan fingerprint density at radius 1 is 0.214 bits per heavy atom. The van der Waals surface area contributed by atoms with Crippen LogP contribution >= 0.6 is 0 Å². The van der Waals surface area contributed by atoms with Gasteiger partial charge < -0.3 is 9.80 Å². The number of fused-ring (bicyclic) bond motifs is 12. The lowest BCUT2D eigenvalue weighted by Crippen LogP contribution is -2.30. The molecular formula is C82H56N2. The first-order chi connectivity index (χ1) is 41.7. The maximum absolute atomic E-state index is 2.61. The Morgan fingerprint density at radius 2 is 0.524 bits per heavy atom. The van der Waals surface area contributed by atoms with Crippen molar-refractivity contribution >= 4 is 34.1 Å². The molecule has 2 nitrogen and oxygen atoms in total. The van der Waals surface area contributed by atoms with Crippen LogP contribution in [0.4, 0.5) is 34.1 Å². The molecule has 394 valence electrons. The van der Waals surface area contributed by atoms with Gasteiger partial charge in [-0.1, -0.05) is 243 Å². The fraction of sp³-hybridized carbons (Fsp3) is 0.0488. The van der Waals surface area contributed by atoms with Crippen LogP contribution in [0.5, 0.6) is 0 Å². The van der Waals surface area contributed by atoms with E-state index in [9.17, 15) is 0 Å². The largest absolute Gasteiger partial charge is 0.310 e. The monoisotopic (exact) mass is 1070 g/mol. The number of hydrogen-bond acceptors (Lipinski definition) is 2. The van der Waals surface area contributed by atoms with E-state index in [1.165, 1.54) is 123 Å². The van der Waals surface area contributed by atoms with Gasteiger partial charge >= 0.3 is 0 Å². The Kier molecular flexibility index (Phi) is 10.9. The molecular weight excluding hydrogens is 1010 g/mol. The summed E-state index contributed by atoms with van der Waals surface area (Å²) in [6.07, 6.45) is 1.84. The predicted molar refractivity (Wildman–Crippen MR) is 347 cm³/mol. The van der Waals surface area contributed by atoms with Gasteiger partial charge in [0.1, 0.15) is 0 Å². The Balaban J connectivity index is 0.946. The molecule has 0 saturated carbocycles. The fourth-order valence-corrected chi connectivity index (χ4v) is 15.4. The molecule has 84 heavy (non-hydrogen) atoms. The maximum atomic E-state index is 2.61. The molecule has 0 fully saturated rings. The topological polar surface area (TPSA) is 6.48 Å². The molecule has 0 bridgehead atoms. The van der Waals surface area contributed by atoms with Gasteiger partial charge in [0.2, 0.25) is 0 Å². The van der Waals surface area contributed by atoms with Crippen molar-refractivity contribution in [2.75, 3.05) is 9.80 Å². The van der Waals surface area contributed by atoms with Crippen molar-refractivity contribution in [1.82, 2.24) is 0 Å². The molecule has 13 aromatic carbocycles. The Bertz CT molecular complexity index is 4320. The Labute approximate surface area is 491 Å². The molecule has 17 rings (SSSR count). The Morgan fingerprint density at radius 3 is 0.893 bits per heavy atom. The van der Waals surface area contributed by atoms with Crippen molar-refractivity contribution in [3.63, 3.8) is 0 Å². The molecule has 0 spiro atoms. The summed E-state index contributed by atoms with van der Waals surface area (Å²) < 4.78 is 0. The van der Waals surface area contributed by atoms with E-state index < -0.39 is 10.8 Å². The molecule has 0 saturated heterocycles. The van der Waals surface area contributed by atoms with E-state index in [2.05, 4.69) is 325 Å². The number of anilines is 6. The molecule has 0 unspecified atom stereocenters. The Hall–Kier alpha value is -10.5. The minimum absolute atomic E-state index is 0.704. The molecule has 4 aliphatic carbocycles. The van der Waals surface area contributed by atoms with Crippen LogP contribution in [0.25, 0.3) is 44.5 Å². The number of benzene rings is 13. The summed E-state index contributed by atoms with van der Waals surface area (Å²) >= 11 is 0. The zero-order chi connectivity index (χ0) is 55.3. The highest BCUT2D eigenvalue weighted by Gasteiger charge is 2.52. The second-order valence-corrected chi connectivity index (χ2v) is 23.0. The van der Waals surface area contributed by atoms with Gasteiger partial charge in [-0.3, -0.25) is 0 Å². The normalized spacial score (nSPS) is 13.8. The van der Waals surface area contributed by atoms with Crippen LogP contribution in [-0.2, 0) is 23.7 Å². The molecule has 0 aliphatic heterocycles. The van der Waals surface area contributed by atoms with Gasteiger partial charge in [-0.2, -0.15) is 0 Å². The molecule has 0 radical (unpaired) electrons. The molecule has 0 amide bonds. The number of hydrogen-bond donors (Lipinski definition) is 0. The third kappa shape index (κ3) is 6.98. The highest BCUT2D eigenvalue weighted by Crippen LogP contribution is 2.64. The van der Waals surface area contributed by atoms with Crippen LogP contribution in [0.1, 0.15) is 66.8 Å². The van der Waals surface area contributed by atoms with Gasteiger partial charge in [0.25, 0.3) is 0 Å². The van der Waals surface area contributed by atoms with Crippen LogP contribution in [0.15, 0.2) is 315 Å². The van der Waals surface area contributed by atoms with Crippen LogP contribution in [0.3, 0.4) is 0 Å². The number of para-hydroxylation sites is 2. The van der Waals surface area contributed by atoms with E-state index in [-0.39, 0.29) is 0 Å². The van der Waals surface area contributed by atoms with Crippen LogP contribution in [0, 0.1) is 0 Å². The summed E-state index contributed by atoms with van der Waals surface area (Å²) in [6.45, 7) is 0. The zero-order valence-corrected chi connectivity index (χ0v) is 46.3. The van der Waals surface area contributed by atoms with Crippen molar-refractivity contribution in [2.45, 2.75) is 23.7 Å². The van der Waals surface area contributed by atoms with E-state index in [1.54, 1.807) is 0 Å². The molecule has 0 N–H and O–H groups in total. The standard InChI is InChI=1S/C82H56N2/c1-7-29-59(30-8-1)81(60-31-9-2-10-32-60)73-51-65(83(63-37-15-5-16-38-63)77-43-23-27-57-49-55-25-19-21-41-67(55)79(57)77)45-47-69(73)71-54-76-72(53-75(71)81)70-48-46-66(52-74(70)82(76,61-33-11-3-12-34-61)62-35-13-4-14-36-62)84(64-39-17-6-18-40-64)78-44-24-28-58-50-56-26-20-22-42-68(56)80(58)78/h1-48,51-54H,49-50H2. The van der Waals surface area contributed by atoms with Crippen molar-refractivity contribution in [1.29, 1.82) is 0 Å². The molecule has 0 aromatic heterocycles. The van der Waals surface area contributed by atoms with Crippen molar-refractivity contribution in [2.24, 2.45) is 0 Å².